The topological polar surface area (TPSA) is 73.2 Å². The molecular weight excluding hydrogens is 374 g/mol. The summed E-state index contributed by atoms with van der Waals surface area (Å²) in [5.74, 6) is 0.577. The van der Waals surface area contributed by atoms with Crippen molar-refractivity contribution in [2.24, 2.45) is 0 Å². The summed E-state index contributed by atoms with van der Waals surface area (Å²) >= 11 is 1.29. The average Bonchev–Trinajstić information content (AvgIpc) is 2.70. The van der Waals surface area contributed by atoms with Crippen molar-refractivity contribution in [3.8, 4) is 11.4 Å². The SMILES string of the molecule is COc1ccc(NC(=O)C(C)Sc2ccc(=O)n(-c3ccc(C)cc3)n2)cc1. The first-order chi connectivity index (χ1) is 13.5. The number of carbonyl (C=O) groups excluding carboxylic acids is 1. The number of rotatable bonds is 6. The van der Waals surface area contributed by atoms with Gasteiger partial charge < -0.3 is 10.1 Å². The van der Waals surface area contributed by atoms with Gasteiger partial charge in [-0.3, -0.25) is 9.59 Å². The maximum atomic E-state index is 12.5. The van der Waals surface area contributed by atoms with E-state index in [1.165, 1.54) is 22.5 Å². The van der Waals surface area contributed by atoms with Crippen molar-refractivity contribution >= 4 is 23.4 Å². The fourth-order valence-corrected chi connectivity index (χ4v) is 3.28. The number of aryl methyl sites for hydroxylation is 1. The third-order valence-electron chi connectivity index (χ3n) is 4.08. The summed E-state index contributed by atoms with van der Waals surface area (Å²) in [5, 5.41) is 7.47. The van der Waals surface area contributed by atoms with Crippen molar-refractivity contribution in [2.75, 3.05) is 12.4 Å². The van der Waals surface area contributed by atoms with Crippen LogP contribution >= 0.6 is 11.8 Å². The van der Waals surface area contributed by atoms with Gasteiger partial charge >= 0.3 is 0 Å². The Balaban J connectivity index is 1.71. The van der Waals surface area contributed by atoms with Crippen LogP contribution < -0.4 is 15.6 Å². The summed E-state index contributed by atoms with van der Waals surface area (Å²) in [7, 11) is 1.59. The molecule has 1 aromatic heterocycles. The lowest BCUT2D eigenvalue weighted by Crippen LogP contribution is -2.24. The van der Waals surface area contributed by atoms with Gasteiger partial charge in [-0.15, -0.1) is 0 Å². The number of thioether (sulfide) groups is 1. The Morgan fingerprint density at radius 3 is 2.39 bits per heavy atom. The molecule has 1 heterocycles. The number of ether oxygens (including phenoxy) is 1. The number of anilines is 1. The van der Waals surface area contributed by atoms with Gasteiger partial charge in [-0.2, -0.15) is 9.78 Å². The number of hydrogen-bond donors (Lipinski definition) is 1. The van der Waals surface area contributed by atoms with E-state index in [-0.39, 0.29) is 11.5 Å². The lowest BCUT2D eigenvalue weighted by Gasteiger charge is -2.13. The van der Waals surface area contributed by atoms with Crippen molar-refractivity contribution in [3.05, 3.63) is 76.6 Å². The molecule has 0 aliphatic heterocycles. The molecule has 6 nitrogen and oxygen atoms in total. The van der Waals surface area contributed by atoms with Crippen molar-refractivity contribution in [3.63, 3.8) is 0 Å². The van der Waals surface area contributed by atoms with E-state index in [2.05, 4.69) is 10.4 Å². The summed E-state index contributed by atoms with van der Waals surface area (Å²) in [6.07, 6.45) is 0. The van der Waals surface area contributed by atoms with E-state index < -0.39 is 5.25 Å². The third-order valence-corrected chi connectivity index (χ3v) is 5.11. The van der Waals surface area contributed by atoms with Crippen LogP contribution in [0.25, 0.3) is 5.69 Å². The second-order valence-corrected chi connectivity index (χ2v) is 7.60. The molecule has 0 fully saturated rings. The monoisotopic (exact) mass is 395 g/mol. The Hall–Kier alpha value is -3.06. The molecule has 0 spiro atoms. The zero-order valence-corrected chi connectivity index (χ0v) is 16.7. The predicted molar refractivity (Wildman–Crippen MR) is 112 cm³/mol. The molecular formula is C21H21N3O3S. The zero-order valence-electron chi connectivity index (χ0n) is 15.9. The van der Waals surface area contributed by atoms with Gasteiger partial charge in [0.1, 0.15) is 10.8 Å². The standard InChI is InChI=1S/C21H21N3O3S/c1-14-4-8-17(9-5-14)24-20(25)13-12-19(23-24)28-15(2)21(26)22-16-6-10-18(27-3)11-7-16/h4-13,15H,1-3H3,(H,22,26). The van der Waals surface area contributed by atoms with Crippen molar-refractivity contribution in [1.29, 1.82) is 0 Å². The molecule has 1 atom stereocenters. The number of methoxy groups -OCH3 is 1. The van der Waals surface area contributed by atoms with Gasteiger partial charge in [0.05, 0.1) is 18.0 Å². The quantitative estimate of drug-likeness (QED) is 0.645. The Labute approximate surface area is 167 Å². The van der Waals surface area contributed by atoms with E-state index in [4.69, 9.17) is 4.74 Å². The van der Waals surface area contributed by atoms with Crippen LogP contribution in [0.5, 0.6) is 5.75 Å². The fourth-order valence-electron chi connectivity index (χ4n) is 2.48. The number of carbonyl (C=O) groups is 1. The highest BCUT2D eigenvalue weighted by Gasteiger charge is 2.16. The van der Waals surface area contributed by atoms with Gasteiger partial charge in [-0.1, -0.05) is 29.5 Å². The number of benzene rings is 2. The summed E-state index contributed by atoms with van der Waals surface area (Å²) in [6, 6.07) is 17.8. The van der Waals surface area contributed by atoms with Crippen LogP contribution in [-0.4, -0.2) is 28.0 Å². The lowest BCUT2D eigenvalue weighted by atomic mass is 10.2. The zero-order chi connectivity index (χ0) is 20.1. The van der Waals surface area contributed by atoms with Gasteiger partial charge in [0, 0.05) is 11.8 Å². The van der Waals surface area contributed by atoms with E-state index in [9.17, 15) is 9.59 Å². The normalized spacial score (nSPS) is 11.7. The van der Waals surface area contributed by atoms with Crippen molar-refractivity contribution < 1.29 is 9.53 Å². The van der Waals surface area contributed by atoms with E-state index in [0.717, 1.165) is 11.3 Å². The second kappa shape index (κ2) is 8.75. The molecule has 0 saturated carbocycles. The maximum absolute atomic E-state index is 12.5. The van der Waals surface area contributed by atoms with Crippen LogP contribution in [0.15, 0.2) is 70.5 Å². The Bertz CT molecular complexity index is 1010. The van der Waals surface area contributed by atoms with Crippen LogP contribution in [0.3, 0.4) is 0 Å². The summed E-state index contributed by atoms with van der Waals surface area (Å²) in [5.41, 5.74) is 2.26. The summed E-state index contributed by atoms with van der Waals surface area (Å²) < 4.78 is 6.45. The Kier molecular flexibility index (Phi) is 6.16. The molecule has 0 aliphatic rings. The highest BCUT2D eigenvalue weighted by molar-refractivity contribution is 8.00. The molecule has 7 heteroatoms. The van der Waals surface area contributed by atoms with Crippen LogP contribution in [0.2, 0.25) is 0 Å². The molecule has 0 bridgehead atoms. The molecule has 1 N–H and O–H groups in total. The van der Waals surface area contributed by atoms with Gasteiger partial charge in [0.15, 0.2) is 0 Å². The first kappa shape index (κ1) is 19.7. The number of aromatic nitrogens is 2. The minimum Gasteiger partial charge on any atom is -0.497 e. The van der Waals surface area contributed by atoms with Gasteiger partial charge in [0.2, 0.25) is 5.91 Å². The smallest absolute Gasteiger partial charge is 0.271 e. The number of nitrogens with one attached hydrogen (secondary N) is 1. The van der Waals surface area contributed by atoms with Crippen LogP contribution in [0.4, 0.5) is 5.69 Å². The van der Waals surface area contributed by atoms with E-state index >= 15 is 0 Å². The molecule has 3 rings (SSSR count). The first-order valence-corrected chi connectivity index (χ1v) is 9.63. The second-order valence-electron chi connectivity index (χ2n) is 6.23. The molecule has 2 aromatic carbocycles. The van der Waals surface area contributed by atoms with Crippen molar-refractivity contribution in [2.45, 2.75) is 24.1 Å². The molecule has 0 aliphatic carbocycles. The highest BCUT2D eigenvalue weighted by atomic mass is 32.2. The van der Waals surface area contributed by atoms with Crippen molar-refractivity contribution in [1.82, 2.24) is 9.78 Å². The fraction of sp³-hybridized carbons (Fsp3) is 0.190. The first-order valence-electron chi connectivity index (χ1n) is 8.75. The number of amides is 1. The Morgan fingerprint density at radius 1 is 1.07 bits per heavy atom. The Morgan fingerprint density at radius 2 is 1.75 bits per heavy atom. The minimum atomic E-state index is -0.390. The molecule has 28 heavy (non-hydrogen) atoms. The highest BCUT2D eigenvalue weighted by Crippen LogP contribution is 2.22. The number of hydrogen-bond acceptors (Lipinski definition) is 5. The predicted octanol–water partition coefficient (Wildman–Crippen LogP) is 3.67. The minimum absolute atomic E-state index is 0.148. The third kappa shape index (κ3) is 4.80. The summed E-state index contributed by atoms with van der Waals surface area (Å²) in [6.45, 7) is 3.78. The van der Waals surface area contributed by atoms with E-state index in [0.29, 0.717) is 16.4 Å². The van der Waals surface area contributed by atoms with E-state index in [1.807, 2.05) is 31.2 Å². The molecule has 0 radical (unpaired) electrons. The van der Waals surface area contributed by atoms with Crippen LogP contribution in [-0.2, 0) is 4.79 Å². The molecule has 1 amide bonds. The van der Waals surface area contributed by atoms with Gasteiger partial charge in [0.25, 0.3) is 5.56 Å². The van der Waals surface area contributed by atoms with E-state index in [1.54, 1.807) is 44.4 Å². The number of nitrogens with zero attached hydrogens (tertiary/aromatic N) is 2. The molecule has 0 saturated heterocycles. The van der Waals surface area contributed by atoms with Crippen LogP contribution in [0, 0.1) is 6.92 Å². The van der Waals surface area contributed by atoms with Gasteiger partial charge in [-0.05, 0) is 56.3 Å². The maximum Gasteiger partial charge on any atom is 0.271 e. The summed E-state index contributed by atoms with van der Waals surface area (Å²) in [4.78, 5) is 24.6. The van der Waals surface area contributed by atoms with Crippen LogP contribution in [0.1, 0.15) is 12.5 Å². The molecule has 1 unspecified atom stereocenters. The largest absolute Gasteiger partial charge is 0.497 e. The molecule has 3 aromatic rings. The average molecular weight is 395 g/mol. The van der Waals surface area contributed by atoms with Gasteiger partial charge in [-0.25, -0.2) is 0 Å². The molecule has 144 valence electrons. The lowest BCUT2D eigenvalue weighted by molar-refractivity contribution is -0.115.